The summed E-state index contributed by atoms with van der Waals surface area (Å²) in [5.41, 5.74) is 18.9. The third-order valence-electron chi connectivity index (χ3n) is 12.5. The van der Waals surface area contributed by atoms with Crippen LogP contribution in [0.15, 0.2) is 212 Å². The molecule has 2 aliphatic carbocycles. The second kappa shape index (κ2) is 18.6. The van der Waals surface area contributed by atoms with Gasteiger partial charge in [-0.1, -0.05) is 158 Å². The zero-order chi connectivity index (χ0) is 41.4. The number of rotatable bonds is 15. The second-order valence-electron chi connectivity index (χ2n) is 15.8. The average molecular weight is 770 g/mol. The van der Waals surface area contributed by atoms with Crippen molar-refractivity contribution in [3.63, 3.8) is 0 Å². The molecule has 0 fully saturated rings. The van der Waals surface area contributed by atoms with E-state index in [1.807, 2.05) is 6.08 Å². The molecule has 7 rings (SSSR count). The predicted molar refractivity (Wildman–Crippen MR) is 256 cm³/mol. The van der Waals surface area contributed by atoms with E-state index < -0.39 is 5.41 Å². The molecule has 0 aliphatic heterocycles. The highest BCUT2D eigenvalue weighted by Crippen LogP contribution is 2.57. The normalized spacial score (nSPS) is 17.8. The van der Waals surface area contributed by atoms with E-state index in [4.69, 9.17) is 0 Å². The molecule has 0 saturated heterocycles. The lowest BCUT2D eigenvalue weighted by atomic mass is 9.67. The third-order valence-corrected chi connectivity index (χ3v) is 12.5. The van der Waals surface area contributed by atoms with Gasteiger partial charge in [0, 0.05) is 11.4 Å². The van der Waals surface area contributed by atoms with E-state index in [-0.39, 0.29) is 6.04 Å². The molecule has 0 aromatic heterocycles. The SMILES string of the molecule is C=CCCc1ccccc1CC(C=C)N(C(/C=C(C)/C(C)=C/C=C1\CCc2ccccc21)=C/C)c1ccc2c(c1)C(C(/C=C\C)=C/C)(c1ccccc1)c1ccccc1-2. The summed E-state index contributed by atoms with van der Waals surface area (Å²) >= 11 is 0. The van der Waals surface area contributed by atoms with Gasteiger partial charge in [-0.15, -0.1) is 13.2 Å². The van der Waals surface area contributed by atoms with Crippen molar-refractivity contribution in [1.82, 2.24) is 0 Å². The van der Waals surface area contributed by atoms with Crippen molar-refractivity contribution in [3.05, 3.63) is 251 Å². The first-order chi connectivity index (χ1) is 28.9. The van der Waals surface area contributed by atoms with Crippen LogP contribution < -0.4 is 4.90 Å². The zero-order valence-corrected chi connectivity index (χ0v) is 35.7. The molecule has 1 heteroatoms. The Hall–Kier alpha value is -6.18. The first-order valence-corrected chi connectivity index (χ1v) is 21.4. The van der Waals surface area contributed by atoms with Crippen molar-refractivity contribution in [2.75, 3.05) is 4.90 Å². The molecule has 296 valence electrons. The van der Waals surface area contributed by atoms with Crippen LogP contribution in [0, 0.1) is 0 Å². The summed E-state index contributed by atoms with van der Waals surface area (Å²) in [5, 5.41) is 0. The van der Waals surface area contributed by atoms with Crippen LogP contribution in [-0.4, -0.2) is 6.04 Å². The van der Waals surface area contributed by atoms with E-state index in [2.05, 4.69) is 223 Å². The Morgan fingerprint density at radius 2 is 1.41 bits per heavy atom. The van der Waals surface area contributed by atoms with Gasteiger partial charge < -0.3 is 4.90 Å². The Kier molecular flexibility index (Phi) is 12.9. The van der Waals surface area contributed by atoms with Crippen molar-refractivity contribution >= 4 is 11.3 Å². The minimum atomic E-state index is -0.495. The first-order valence-electron chi connectivity index (χ1n) is 21.4. The number of aryl methyl sites for hydroxylation is 2. The molecule has 5 aromatic rings. The maximum atomic E-state index is 4.52. The first kappa shape index (κ1) is 41.0. The Labute approximate surface area is 354 Å². The highest BCUT2D eigenvalue weighted by Gasteiger charge is 2.46. The quantitative estimate of drug-likeness (QED) is 0.0757. The summed E-state index contributed by atoms with van der Waals surface area (Å²) in [5.74, 6) is 0. The molecule has 5 aromatic carbocycles. The fourth-order valence-electron chi connectivity index (χ4n) is 9.42. The minimum Gasteiger partial charge on any atom is -0.334 e. The maximum Gasteiger partial charge on any atom is 0.0711 e. The molecule has 0 bridgehead atoms. The van der Waals surface area contributed by atoms with Gasteiger partial charge in [0.1, 0.15) is 0 Å². The van der Waals surface area contributed by atoms with Gasteiger partial charge >= 0.3 is 0 Å². The summed E-state index contributed by atoms with van der Waals surface area (Å²) < 4.78 is 0. The lowest BCUT2D eigenvalue weighted by Crippen LogP contribution is -2.35. The van der Waals surface area contributed by atoms with Crippen LogP contribution in [0.2, 0.25) is 0 Å². The molecule has 2 aliphatic rings. The number of fused-ring (bicyclic) bond motifs is 4. The van der Waals surface area contributed by atoms with Gasteiger partial charge in [-0.25, -0.2) is 0 Å². The van der Waals surface area contributed by atoms with Gasteiger partial charge in [0.25, 0.3) is 0 Å². The van der Waals surface area contributed by atoms with Gasteiger partial charge in [0.2, 0.25) is 0 Å². The summed E-state index contributed by atoms with van der Waals surface area (Å²) in [7, 11) is 0. The van der Waals surface area contributed by atoms with Crippen LogP contribution in [0.3, 0.4) is 0 Å². The number of allylic oxidation sites excluding steroid dienone is 12. The number of nitrogens with zero attached hydrogens (tertiary/aromatic N) is 1. The molecule has 1 nitrogen and oxygen atoms in total. The van der Waals surface area contributed by atoms with E-state index in [0.29, 0.717) is 0 Å². The van der Waals surface area contributed by atoms with Crippen LogP contribution in [-0.2, 0) is 24.7 Å². The monoisotopic (exact) mass is 769 g/mol. The molecular formula is C58H59N. The van der Waals surface area contributed by atoms with Crippen molar-refractivity contribution in [1.29, 1.82) is 0 Å². The Bertz CT molecular complexity index is 2510. The molecule has 0 saturated carbocycles. The maximum absolute atomic E-state index is 4.52. The van der Waals surface area contributed by atoms with Gasteiger partial charge in [-0.05, 0) is 157 Å². The Morgan fingerprint density at radius 1 is 0.712 bits per heavy atom. The highest BCUT2D eigenvalue weighted by atomic mass is 15.2. The number of hydrogen-bond acceptors (Lipinski definition) is 1. The third kappa shape index (κ3) is 8.00. The van der Waals surface area contributed by atoms with E-state index in [0.717, 1.165) is 43.5 Å². The topological polar surface area (TPSA) is 3.24 Å². The van der Waals surface area contributed by atoms with Crippen LogP contribution in [0.25, 0.3) is 16.7 Å². The van der Waals surface area contributed by atoms with E-state index >= 15 is 0 Å². The van der Waals surface area contributed by atoms with E-state index in [1.54, 1.807) is 0 Å². The number of hydrogen-bond donors (Lipinski definition) is 0. The summed E-state index contributed by atoms with van der Waals surface area (Å²) in [6.07, 6.45) is 25.2. The summed E-state index contributed by atoms with van der Waals surface area (Å²) in [6, 6.07) is 45.0. The average Bonchev–Trinajstić information content (AvgIpc) is 3.83. The van der Waals surface area contributed by atoms with E-state index in [1.165, 1.54) is 72.4 Å². The largest absolute Gasteiger partial charge is 0.334 e. The summed E-state index contributed by atoms with van der Waals surface area (Å²) in [6.45, 7) is 19.5. The fourth-order valence-corrected chi connectivity index (χ4v) is 9.42. The molecule has 0 radical (unpaired) electrons. The van der Waals surface area contributed by atoms with E-state index in [9.17, 15) is 0 Å². The van der Waals surface area contributed by atoms with Crippen LogP contribution >= 0.6 is 0 Å². The standard InChI is InChI=1S/C58H59N/c1-8-13-24-44-25-17-18-27-47(44)40-51(12-5)59(50(11-4)39-43(7)42(6)33-34-46-36-35-45-26-19-20-30-53(45)46)52-37-38-55-54-31-21-22-32-56(54)58(57(55)41-52,48(10-3)23-9-2)49-28-15-14-16-29-49/h8-12,14-23,25-34,37-39,41,51H,1,5,13,24,35-36,40H2,2-4,6-7H3/b23-9-,42-33+,43-39+,46-34+,48-10+,50-11+. The lowest BCUT2D eigenvalue weighted by Gasteiger charge is -2.37. The molecular weight excluding hydrogens is 711 g/mol. The van der Waals surface area contributed by atoms with Gasteiger partial charge in [-0.2, -0.15) is 0 Å². The van der Waals surface area contributed by atoms with Crippen LogP contribution in [0.4, 0.5) is 5.69 Å². The molecule has 0 heterocycles. The molecule has 0 spiro atoms. The Morgan fingerprint density at radius 3 is 2.14 bits per heavy atom. The number of benzene rings is 5. The molecule has 59 heavy (non-hydrogen) atoms. The van der Waals surface area contributed by atoms with Crippen molar-refractivity contribution in [2.45, 2.75) is 78.2 Å². The molecule has 2 unspecified atom stereocenters. The predicted octanol–water partition coefficient (Wildman–Crippen LogP) is 15.1. The minimum absolute atomic E-state index is 0.0267. The summed E-state index contributed by atoms with van der Waals surface area (Å²) in [4.78, 5) is 2.53. The van der Waals surface area contributed by atoms with Gasteiger partial charge in [0.15, 0.2) is 0 Å². The van der Waals surface area contributed by atoms with Gasteiger partial charge in [-0.3, -0.25) is 0 Å². The number of anilines is 1. The van der Waals surface area contributed by atoms with Crippen molar-refractivity contribution in [3.8, 4) is 11.1 Å². The molecule has 0 amide bonds. The second-order valence-corrected chi connectivity index (χ2v) is 15.8. The zero-order valence-electron chi connectivity index (χ0n) is 35.7. The van der Waals surface area contributed by atoms with Gasteiger partial charge in [0.05, 0.1) is 11.5 Å². The van der Waals surface area contributed by atoms with Crippen molar-refractivity contribution in [2.24, 2.45) is 0 Å². The molecule has 0 N–H and O–H groups in total. The lowest BCUT2D eigenvalue weighted by molar-refractivity contribution is 0.737. The fraction of sp³-hybridized carbons (Fsp3) is 0.207. The van der Waals surface area contributed by atoms with Crippen molar-refractivity contribution < 1.29 is 0 Å². The molecule has 2 atom stereocenters. The van der Waals surface area contributed by atoms with Crippen LogP contribution in [0.5, 0.6) is 0 Å². The van der Waals surface area contributed by atoms with Crippen LogP contribution in [0.1, 0.15) is 86.4 Å². The smallest absolute Gasteiger partial charge is 0.0711 e. The highest BCUT2D eigenvalue weighted by molar-refractivity contribution is 5.88. The Balaban J connectivity index is 1.40.